The third-order valence-corrected chi connectivity index (χ3v) is 5.84. The summed E-state index contributed by atoms with van der Waals surface area (Å²) in [6.07, 6.45) is -0.128. The summed E-state index contributed by atoms with van der Waals surface area (Å²) in [4.78, 5) is 45.6. The standard InChI is InChI=1S/C20H23BN4O8S/c1-20(2,18(22)29)33-25-15(13-8-34-19(23)24-13)14(26)6-10-4-9-5-11(31-3)7-12(17(27)28)16(9)32-21(10)30/h5,7-8,10,30H,4,6H2,1-3H3,(H2,22,29)(H2,23,24)(H,27,28)/b25-15-/t10-/m1/s1. The maximum absolute atomic E-state index is 13.2. The number of benzene rings is 1. The number of carboxylic acid groups (broad SMARTS) is 1. The second kappa shape index (κ2) is 9.69. The van der Waals surface area contributed by atoms with E-state index in [-0.39, 0.29) is 40.7 Å². The normalized spacial score (nSPS) is 15.8. The van der Waals surface area contributed by atoms with Crippen molar-refractivity contribution < 1.29 is 38.7 Å². The second-order valence-corrected chi connectivity index (χ2v) is 8.93. The molecule has 0 bridgehead atoms. The lowest BCUT2D eigenvalue weighted by Gasteiger charge is -2.28. The van der Waals surface area contributed by atoms with Gasteiger partial charge in [0.15, 0.2) is 16.6 Å². The van der Waals surface area contributed by atoms with Crippen molar-refractivity contribution in [2.75, 3.05) is 12.8 Å². The second-order valence-electron chi connectivity index (χ2n) is 8.05. The predicted octanol–water partition coefficient (Wildman–Crippen LogP) is 0.862. The summed E-state index contributed by atoms with van der Waals surface area (Å²) < 4.78 is 10.6. The zero-order valence-corrected chi connectivity index (χ0v) is 19.4. The van der Waals surface area contributed by atoms with E-state index in [1.807, 2.05) is 0 Å². The monoisotopic (exact) mass is 490 g/mol. The molecular formula is C20H23BN4O8S. The number of nitrogen functional groups attached to an aromatic ring is 1. The van der Waals surface area contributed by atoms with E-state index in [2.05, 4.69) is 10.1 Å². The van der Waals surface area contributed by atoms with Crippen LogP contribution in [-0.2, 0) is 20.8 Å². The van der Waals surface area contributed by atoms with E-state index in [1.165, 1.54) is 32.4 Å². The Morgan fingerprint density at radius 1 is 1.38 bits per heavy atom. The van der Waals surface area contributed by atoms with Crippen LogP contribution in [0.2, 0.25) is 5.82 Å². The van der Waals surface area contributed by atoms with E-state index in [1.54, 1.807) is 6.07 Å². The van der Waals surface area contributed by atoms with Crippen LogP contribution in [0.4, 0.5) is 5.13 Å². The zero-order valence-electron chi connectivity index (χ0n) is 18.6. The van der Waals surface area contributed by atoms with Crippen LogP contribution in [0.3, 0.4) is 0 Å². The topological polar surface area (TPSA) is 197 Å². The fourth-order valence-corrected chi connectivity index (χ4v) is 3.72. The molecule has 1 amide bonds. The number of oxime groups is 1. The number of fused-ring (bicyclic) bond motifs is 1. The van der Waals surface area contributed by atoms with Gasteiger partial charge in [0.25, 0.3) is 5.91 Å². The Morgan fingerprint density at radius 3 is 2.65 bits per heavy atom. The number of aromatic carboxylic acids is 1. The van der Waals surface area contributed by atoms with Gasteiger partial charge in [-0.3, -0.25) is 9.59 Å². The highest BCUT2D eigenvalue weighted by Gasteiger charge is 2.39. The van der Waals surface area contributed by atoms with Gasteiger partial charge in [-0.2, -0.15) is 0 Å². The SMILES string of the molecule is COc1cc2c(c(C(=O)O)c1)OB(O)[C@@H](CC(=O)/C(=N\OC(C)(C)C(N)=O)c1csc(N)n1)C2. The van der Waals surface area contributed by atoms with Crippen LogP contribution in [0.25, 0.3) is 0 Å². The summed E-state index contributed by atoms with van der Waals surface area (Å²) in [5, 5.41) is 25.5. The molecule has 0 spiro atoms. The third-order valence-electron chi connectivity index (χ3n) is 5.16. The molecule has 1 aliphatic rings. The highest BCUT2D eigenvalue weighted by Crippen LogP contribution is 2.39. The molecule has 0 radical (unpaired) electrons. The Hall–Kier alpha value is -3.65. The highest BCUT2D eigenvalue weighted by molar-refractivity contribution is 7.13. The minimum Gasteiger partial charge on any atom is -0.535 e. The van der Waals surface area contributed by atoms with Crippen molar-refractivity contribution in [2.24, 2.45) is 10.9 Å². The number of amides is 1. The molecule has 12 nitrogen and oxygen atoms in total. The van der Waals surface area contributed by atoms with Gasteiger partial charge in [-0.15, -0.1) is 11.3 Å². The van der Waals surface area contributed by atoms with E-state index in [0.717, 1.165) is 11.3 Å². The first-order valence-corrected chi connectivity index (χ1v) is 10.9. The van der Waals surface area contributed by atoms with Crippen molar-refractivity contribution in [1.29, 1.82) is 0 Å². The van der Waals surface area contributed by atoms with Gasteiger partial charge in [-0.05, 0) is 38.0 Å². The van der Waals surface area contributed by atoms with Gasteiger partial charge >= 0.3 is 13.1 Å². The lowest BCUT2D eigenvalue weighted by molar-refractivity contribution is -0.139. The zero-order chi connectivity index (χ0) is 25.2. The van der Waals surface area contributed by atoms with Crippen molar-refractivity contribution in [1.82, 2.24) is 4.98 Å². The number of carbonyl (C=O) groups is 3. The summed E-state index contributed by atoms with van der Waals surface area (Å²) in [7, 11) is -0.0735. The molecule has 0 fully saturated rings. The van der Waals surface area contributed by atoms with Gasteiger partial charge < -0.3 is 35.8 Å². The minimum absolute atomic E-state index is 0.0113. The number of Topliss-reactive ketones (excluding diaryl/α,β-unsaturated/α-hetero) is 1. The number of aromatic nitrogens is 1. The quantitative estimate of drug-likeness (QED) is 0.222. The first-order chi connectivity index (χ1) is 15.9. The number of anilines is 1. The van der Waals surface area contributed by atoms with Crippen molar-refractivity contribution >= 4 is 47.0 Å². The number of ketones is 1. The average Bonchev–Trinajstić information content (AvgIpc) is 3.19. The maximum Gasteiger partial charge on any atom is 0.526 e. The summed E-state index contributed by atoms with van der Waals surface area (Å²) in [6, 6.07) is 2.87. The highest BCUT2D eigenvalue weighted by atomic mass is 32.1. The minimum atomic E-state index is -1.50. The Kier molecular flexibility index (Phi) is 7.12. The van der Waals surface area contributed by atoms with Gasteiger partial charge in [0.2, 0.25) is 5.60 Å². The molecule has 6 N–H and O–H groups in total. The van der Waals surface area contributed by atoms with Crippen LogP contribution in [0.15, 0.2) is 22.7 Å². The number of nitrogens with two attached hydrogens (primary N) is 2. The van der Waals surface area contributed by atoms with Crippen molar-refractivity contribution in [2.45, 2.75) is 38.1 Å². The fraction of sp³-hybridized carbons (Fsp3) is 0.350. The molecule has 0 unspecified atom stereocenters. The number of ether oxygens (including phenoxy) is 1. The molecule has 0 aliphatic carbocycles. The number of carboxylic acids is 1. The Morgan fingerprint density at radius 2 is 2.09 bits per heavy atom. The van der Waals surface area contributed by atoms with Gasteiger partial charge in [-0.25, -0.2) is 9.78 Å². The van der Waals surface area contributed by atoms with Crippen molar-refractivity contribution in [3.05, 3.63) is 34.3 Å². The number of thiazole rings is 1. The van der Waals surface area contributed by atoms with E-state index in [0.29, 0.717) is 11.3 Å². The Labute approximate surface area is 198 Å². The molecule has 0 saturated carbocycles. The summed E-state index contributed by atoms with van der Waals surface area (Å²) in [6.45, 7) is 2.78. The van der Waals surface area contributed by atoms with Crippen LogP contribution < -0.4 is 20.9 Å². The van der Waals surface area contributed by atoms with Crippen molar-refractivity contribution in [3.63, 3.8) is 0 Å². The van der Waals surface area contributed by atoms with Gasteiger partial charge in [0.1, 0.15) is 22.8 Å². The van der Waals surface area contributed by atoms with Gasteiger partial charge in [-0.1, -0.05) is 5.16 Å². The maximum atomic E-state index is 13.2. The van der Waals surface area contributed by atoms with Crippen LogP contribution in [-0.4, -0.2) is 58.3 Å². The summed E-state index contributed by atoms with van der Waals surface area (Å²) >= 11 is 1.08. The summed E-state index contributed by atoms with van der Waals surface area (Å²) in [5.74, 6) is -3.05. The molecule has 14 heteroatoms. The van der Waals surface area contributed by atoms with Gasteiger partial charge in [0, 0.05) is 17.6 Å². The number of nitrogens with zero attached hydrogens (tertiary/aromatic N) is 2. The molecule has 3 rings (SSSR count). The molecule has 34 heavy (non-hydrogen) atoms. The number of hydrogen-bond acceptors (Lipinski definition) is 11. The van der Waals surface area contributed by atoms with Gasteiger partial charge in [0.05, 0.1) is 7.11 Å². The lowest BCUT2D eigenvalue weighted by Crippen LogP contribution is -2.40. The first-order valence-electron chi connectivity index (χ1n) is 10.0. The smallest absolute Gasteiger partial charge is 0.526 e. The molecule has 1 atom stereocenters. The number of methoxy groups -OCH3 is 1. The van der Waals surface area contributed by atoms with E-state index in [4.69, 9.17) is 25.7 Å². The lowest BCUT2D eigenvalue weighted by atomic mass is 9.64. The molecule has 2 aromatic rings. The van der Waals surface area contributed by atoms with Crippen molar-refractivity contribution in [3.8, 4) is 11.5 Å². The molecular weight excluding hydrogens is 467 g/mol. The molecule has 2 heterocycles. The van der Waals surface area contributed by atoms with E-state index in [9.17, 15) is 24.5 Å². The number of primary amides is 1. The fourth-order valence-electron chi connectivity index (χ4n) is 3.18. The van der Waals surface area contributed by atoms with Crippen LogP contribution in [0.1, 0.15) is 41.9 Å². The van der Waals surface area contributed by atoms with Crippen LogP contribution >= 0.6 is 11.3 Å². The molecule has 1 aromatic heterocycles. The van der Waals surface area contributed by atoms with Crippen LogP contribution in [0.5, 0.6) is 11.5 Å². The third kappa shape index (κ3) is 5.29. The predicted molar refractivity (Wildman–Crippen MR) is 123 cm³/mol. The number of rotatable bonds is 9. The Bertz CT molecular complexity index is 1170. The summed E-state index contributed by atoms with van der Waals surface area (Å²) in [5.41, 5.74) is 9.69. The first kappa shape index (κ1) is 25.0. The molecule has 1 aromatic carbocycles. The molecule has 0 saturated heterocycles. The van der Waals surface area contributed by atoms with Crippen LogP contribution in [0, 0.1) is 0 Å². The number of hydrogen-bond donors (Lipinski definition) is 4. The Balaban J connectivity index is 1.89. The molecule has 1 aliphatic heterocycles. The van der Waals surface area contributed by atoms with E-state index >= 15 is 0 Å². The molecule has 180 valence electrons. The van der Waals surface area contributed by atoms with E-state index < -0.39 is 36.2 Å². The average molecular weight is 490 g/mol. The largest absolute Gasteiger partial charge is 0.535 e. The number of carbonyl (C=O) groups excluding carboxylic acids is 2.